The molecule has 1 aromatic heterocycles. The topological polar surface area (TPSA) is 21.7 Å². The minimum atomic E-state index is 0.0304. The van der Waals surface area contributed by atoms with Crippen LogP contribution in [0.15, 0.2) is 24.3 Å². The molecule has 0 saturated heterocycles. The molecule has 0 spiro atoms. The van der Waals surface area contributed by atoms with Crippen LogP contribution in [0.2, 0.25) is 0 Å². The molecule has 0 aliphatic carbocycles. The summed E-state index contributed by atoms with van der Waals surface area (Å²) < 4.78 is 4.72. The maximum atomic E-state index is 4.91. The van der Waals surface area contributed by atoms with Gasteiger partial charge in [0.15, 0.2) is 0 Å². The second kappa shape index (κ2) is 5.19. The van der Waals surface area contributed by atoms with Crippen LogP contribution in [0.1, 0.15) is 71.8 Å². The number of benzene rings is 1. The third-order valence-electron chi connectivity index (χ3n) is 6.33. The SMILES string of the molecule is CCC1(C)c2ccccc2-c2n(C(C)C)nc(C)[n+]2C1(C)CC. The monoisotopic (exact) mass is 312 g/mol. The van der Waals surface area contributed by atoms with E-state index in [1.165, 1.54) is 17.0 Å². The molecule has 2 unspecified atom stereocenters. The van der Waals surface area contributed by atoms with Crippen molar-refractivity contribution >= 4 is 0 Å². The molecule has 0 fully saturated rings. The van der Waals surface area contributed by atoms with Gasteiger partial charge in [0.25, 0.3) is 11.6 Å². The van der Waals surface area contributed by atoms with Gasteiger partial charge in [-0.2, -0.15) is 0 Å². The van der Waals surface area contributed by atoms with E-state index < -0.39 is 0 Å². The van der Waals surface area contributed by atoms with Crippen LogP contribution in [-0.2, 0) is 11.0 Å². The van der Waals surface area contributed by atoms with Crippen molar-refractivity contribution in [3.05, 3.63) is 35.7 Å². The lowest BCUT2D eigenvalue weighted by Gasteiger charge is -2.48. The molecule has 3 nitrogen and oxygen atoms in total. The van der Waals surface area contributed by atoms with E-state index in [1.807, 2.05) is 0 Å². The summed E-state index contributed by atoms with van der Waals surface area (Å²) in [7, 11) is 0. The molecule has 3 heteroatoms. The van der Waals surface area contributed by atoms with Crippen LogP contribution in [0, 0.1) is 6.92 Å². The first-order chi connectivity index (χ1) is 10.8. The summed E-state index contributed by atoms with van der Waals surface area (Å²) >= 11 is 0. The van der Waals surface area contributed by atoms with Gasteiger partial charge in [-0.1, -0.05) is 39.0 Å². The Kier molecular flexibility index (Phi) is 3.66. The van der Waals surface area contributed by atoms with Crippen molar-refractivity contribution in [3.63, 3.8) is 0 Å². The molecular formula is C20H30N3+. The van der Waals surface area contributed by atoms with Crippen LogP contribution >= 0.6 is 0 Å². The fraction of sp³-hybridized carbons (Fsp3) is 0.600. The number of aryl methyl sites for hydroxylation is 1. The van der Waals surface area contributed by atoms with Gasteiger partial charge in [-0.15, -0.1) is 4.68 Å². The van der Waals surface area contributed by atoms with Gasteiger partial charge in [0.2, 0.25) is 0 Å². The Morgan fingerprint density at radius 2 is 1.78 bits per heavy atom. The summed E-state index contributed by atoms with van der Waals surface area (Å²) in [6, 6.07) is 9.28. The number of hydrogen-bond acceptors (Lipinski definition) is 1. The Morgan fingerprint density at radius 1 is 1.13 bits per heavy atom. The van der Waals surface area contributed by atoms with Gasteiger partial charge in [0, 0.05) is 17.4 Å². The van der Waals surface area contributed by atoms with Gasteiger partial charge < -0.3 is 0 Å². The summed E-state index contributed by atoms with van der Waals surface area (Å²) in [4.78, 5) is 0. The van der Waals surface area contributed by atoms with Crippen LogP contribution in [0.25, 0.3) is 11.4 Å². The second-order valence-electron chi connectivity index (χ2n) is 7.60. The minimum absolute atomic E-state index is 0.0304. The van der Waals surface area contributed by atoms with E-state index in [9.17, 15) is 0 Å². The first-order valence-electron chi connectivity index (χ1n) is 8.93. The van der Waals surface area contributed by atoms with E-state index in [0.29, 0.717) is 6.04 Å². The van der Waals surface area contributed by atoms with Crippen LogP contribution in [0.5, 0.6) is 0 Å². The average Bonchev–Trinajstić information content (AvgIpc) is 2.91. The Balaban J connectivity index is 2.48. The van der Waals surface area contributed by atoms with E-state index >= 15 is 0 Å². The maximum absolute atomic E-state index is 4.91. The first kappa shape index (κ1) is 16.2. The highest BCUT2D eigenvalue weighted by atomic mass is 15.4. The van der Waals surface area contributed by atoms with Crippen LogP contribution in [-0.4, -0.2) is 9.78 Å². The molecular weight excluding hydrogens is 282 g/mol. The van der Waals surface area contributed by atoms with Crippen molar-refractivity contribution in [1.82, 2.24) is 9.78 Å². The third kappa shape index (κ3) is 1.88. The Morgan fingerprint density at radius 3 is 2.35 bits per heavy atom. The molecule has 23 heavy (non-hydrogen) atoms. The van der Waals surface area contributed by atoms with Gasteiger partial charge in [-0.25, -0.2) is 4.57 Å². The predicted octanol–water partition coefficient (Wildman–Crippen LogP) is 4.53. The lowest BCUT2D eigenvalue weighted by molar-refractivity contribution is -0.770. The summed E-state index contributed by atoms with van der Waals surface area (Å²) in [6.07, 6.45) is 2.21. The van der Waals surface area contributed by atoms with Gasteiger partial charge in [0.05, 0.1) is 11.1 Å². The number of fused-ring (bicyclic) bond motifs is 3. The fourth-order valence-electron chi connectivity index (χ4n) is 4.51. The molecule has 124 valence electrons. The molecule has 0 saturated carbocycles. The summed E-state index contributed by atoms with van der Waals surface area (Å²) in [6.45, 7) is 16.1. The third-order valence-corrected chi connectivity index (χ3v) is 6.33. The standard InChI is InChI=1S/C20H30N3/c1-8-19(6)17-13-11-10-12-16(17)18-22(20(19,7)9-2)15(5)21-23(18)14(3)4/h10-14H,8-9H2,1-7H3/q+1. The van der Waals surface area contributed by atoms with E-state index in [2.05, 4.69) is 82.0 Å². The smallest absolute Gasteiger partial charge is 0.222 e. The second-order valence-corrected chi connectivity index (χ2v) is 7.60. The van der Waals surface area contributed by atoms with Crippen molar-refractivity contribution in [2.45, 2.75) is 78.3 Å². The van der Waals surface area contributed by atoms with Crippen molar-refractivity contribution in [2.24, 2.45) is 0 Å². The molecule has 3 rings (SSSR count). The summed E-state index contributed by atoms with van der Waals surface area (Å²) in [5, 5.41) is 4.91. The summed E-state index contributed by atoms with van der Waals surface area (Å²) in [5.74, 6) is 2.38. The highest BCUT2D eigenvalue weighted by Gasteiger charge is 2.55. The molecule has 1 aromatic carbocycles. The molecule has 1 aliphatic rings. The highest BCUT2D eigenvalue weighted by Crippen LogP contribution is 2.49. The molecule has 0 N–H and O–H groups in total. The number of nitrogens with zero attached hydrogens (tertiary/aromatic N) is 3. The number of hydrogen-bond donors (Lipinski definition) is 0. The fourth-order valence-corrected chi connectivity index (χ4v) is 4.51. The normalized spacial score (nSPS) is 26.3. The maximum Gasteiger partial charge on any atom is 0.275 e. The summed E-state index contributed by atoms with van der Waals surface area (Å²) in [5.41, 5.74) is 2.94. The van der Waals surface area contributed by atoms with Gasteiger partial charge in [-0.05, 0) is 45.2 Å². The van der Waals surface area contributed by atoms with Crippen molar-refractivity contribution in [3.8, 4) is 11.4 Å². The highest BCUT2D eigenvalue weighted by molar-refractivity contribution is 5.63. The largest absolute Gasteiger partial charge is 0.275 e. The zero-order chi connectivity index (χ0) is 17.0. The Hall–Kier alpha value is -1.64. The molecule has 1 aliphatic heterocycles. The zero-order valence-corrected chi connectivity index (χ0v) is 15.6. The molecule has 0 bridgehead atoms. The lowest BCUT2D eigenvalue weighted by atomic mass is 9.61. The quantitative estimate of drug-likeness (QED) is 0.763. The Labute approximate surface area is 140 Å². The van der Waals surface area contributed by atoms with Crippen LogP contribution < -0.4 is 4.57 Å². The van der Waals surface area contributed by atoms with Gasteiger partial charge in [0.1, 0.15) is 6.04 Å². The zero-order valence-electron chi connectivity index (χ0n) is 15.6. The molecule has 0 amide bonds. The van der Waals surface area contributed by atoms with E-state index in [4.69, 9.17) is 5.10 Å². The van der Waals surface area contributed by atoms with E-state index in [0.717, 1.165) is 18.7 Å². The van der Waals surface area contributed by atoms with Gasteiger partial charge >= 0.3 is 0 Å². The molecule has 2 atom stereocenters. The Bertz CT molecular complexity index is 743. The van der Waals surface area contributed by atoms with E-state index in [-0.39, 0.29) is 11.0 Å². The molecule has 2 aromatic rings. The molecule has 2 heterocycles. The average molecular weight is 312 g/mol. The predicted molar refractivity (Wildman–Crippen MR) is 94.6 cm³/mol. The minimum Gasteiger partial charge on any atom is -0.222 e. The lowest BCUT2D eigenvalue weighted by Crippen LogP contribution is -2.68. The number of aromatic nitrogens is 3. The molecule has 0 radical (unpaired) electrons. The van der Waals surface area contributed by atoms with E-state index in [1.54, 1.807) is 0 Å². The van der Waals surface area contributed by atoms with Crippen molar-refractivity contribution < 1.29 is 4.57 Å². The van der Waals surface area contributed by atoms with Gasteiger partial charge in [-0.3, -0.25) is 0 Å². The first-order valence-corrected chi connectivity index (χ1v) is 8.93. The van der Waals surface area contributed by atoms with Crippen LogP contribution in [0.3, 0.4) is 0 Å². The number of rotatable bonds is 3. The van der Waals surface area contributed by atoms with Crippen molar-refractivity contribution in [1.29, 1.82) is 0 Å². The van der Waals surface area contributed by atoms with Crippen molar-refractivity contribution in [2.75, 3.05) is 0 Å². The van der Waals surface area contributed by atoms with Crippen LogP contribution in [0.4, 0.5) is 0 Å².